The Hall–Kier alpha value is -2.68. The maximum atomic E-state index is 12.3. The van der Waals surface area contributed by atoms with Gasteiger partial charge >= 0.3 is 5.97 Å². The summed E-state index contributed by atoms with van der Waals surface area (Å²) in [5.74, 6) is 0.623. The van der Waals surface area contributed by atoms with E-state index in [9.17, 15) is 9.59 Å². The van der Waals surface area contributed by atoms with Crippen molar-refractivity contribution in [3.63, 3.8) is 0 Å². The monoisotopic (exact) mass is 512 g/mol. The molecule has 7 nitrogen and oxygen atoms in total. The molecule has 184 valence electrons. The molecule has 1 fully saturated rings. The van der Waals surface area contributed by atoms with Gasteiger partial charge < -0.3 is 9.64 Å². The first-order valence-electron chi connectivity index (χ1n) is 12.1. The van der Waals surface area contributed by atoms with Crippen LogP contribution in [0.5, 0.6) is 0 Å². The zero-order valence-corrected chi connectivity index (χ0v) is 21.6. The average Bonchev–Trinajstić information content (AvgIpc) is 3.43. The van der Waals surface area contributed by atoms with Crippen LogP contribution in [0.3, 0.4) is 0 Å². The highest BCUT2D eigenvalue weighted by atomic mass is 35.5. The summed E-state index contributed by atoms with van der Waals surface area (Å²) >= 11 is 8.20. The molecule has 1 atom stereocenters. The minimum atomic E-state index is -0.601. The smallest absolute Gasteiger partial charge is 0.307 e. The van der Waals surface area contributed by atoms with E-state index in [1.54, 1.807) is 23.4 Å². The van der Waals surface area contributed by atoms with E-state index in [4.69, 9.17) is 20.7 Å². The fraction of sp³-hybridized carbons (Fsp3) is 0.423. The predicted molar refractivity (Wildman–Crippen MR) is 140 cm³/mol. The first-order valence-corrected chi connectivity index (χ1v) is 13.2. The number of benzene rings is 2. The van der Waals surface area contributed by atoms with Crippen molar-refractivity contribution in [2.45, 2.75) is 39.3 Å². The quantitative estimate of drug-likeness (QED) is 0.453. The number of esters is 1. The molecular weight excluding hydrogens is 484 g/mol. The number of hydrogen-bond donors (Lipinski definition) is 0. The van der Waals surface area contributed by atoms with Crippen LogP contribution in [-0.4, -0.2) is 60.1 Å². The first-order chi connectivity index (χ1) is 16.9. The van der Waals surface area contributed by atoms with E-state index in [-0.39, 0.29) is 18.3 Å². The van der Waals surface area contributed by atoms with Gasteiger partial charge in [-0.3, -0.25) is 19.4 Å². The number of ether oxygens (including phenoxy) is 1. The lowest BCUT2D eigenvalue weighted by molar-refractivity contribution is -0.148. The Morgan fingerprint density at radius 2 is 1.94 bits per heavy atom. The summed E-state index contributed by atoms with van der Waals surface area (Å²) in [5.41, 5.74) is 2.79. The summed E-state index contributed by atoms with van der Waals surface area (Å²) in [4.78, 5) is 30.5. The zero-order chi connectivity index (χ0) is 24.5. The van der Waals surface area contributed by atoms with E-state index in [1.165, 1.54) is 17.0 Å². The van der Waals surface area contributed by atoms with E-state index >= 15 is 0 Å². The third-order valence-electron chi connectivity index (χ3n) is 6.81. The van der Waals surface area contributed by atoms with Crippen LogP contribution >= 0.6 is 23.1 Å². The Bertz CT molecular complexity index is 1250. The highest BCUT2D eigenvalue weighted by molar-refractivity contribution is 7.13. The van der Waals surface area contributed by atoms with Crippen molar-refractivity contribution < 1.29 is 14.3 Å². The summed E-state index contributed by atoms with van der Waals surface area (Å²) in [6, 6.07) is 12.3. The van der Waals surface area contributed by atoms with Crippen LogP contribution in [0.4, 0.5) is 11.5 Å². The number of rotatable bonds is 6. The maximum absolute atomic E-state index is 12.3. The van der Waals surface area contributed by atoms with Gasteiger partial charge in [0.1, 0.15) is 5.82 Å². The summed E-state index contributed by atoms with van der Waals surface area (Å²) in [6.45, 7) is 7.99. The van der Waals surface area contributed by atoms with Gasteiger partial charge in [0.15, 0.2) is 6.23 Å². The number of carbonyl (C=O) groups excluding carboxylic acids is 2. The fourth-order valence-electron chi connectivity index (χ4n) is 4.94. The fourth-order valence-corrected chi connectivity index (χ4v) is 5.98. The molecule has 9 heteroatoms. The molecule has 0 bridgehead atoms. The molecule has 0 spiro atoms. The largest absolute Gasteiger partial charge is 0.441 e. The molecule has 3 heterocycles. The molecule has 0 N–H and O–H groups in total. The Kier molecular flexibility index (Phi) is 6.95. The van der Waals surface area contributed by atoms with E-state index in [1.807, 2.05) is 6.07 Å². The maximum Gasteiger partial charge on any atom is 0.307 e. The molecule has 0 saturated carbocycles. The van der Waals surface area contributed by atoms with Crippen molar-refractivity contribution in [1.82, 2.24) is 9.27 Å². The van der Waals surface area contributed by atoms with Crippen molar-refractivity contribution in [1.29, 1.82) is 0 Å². The van der Waals surface area contributed by atoms with E-state index < -0.39 is 6.23 Å². The third-order valence-corrected chi connectivity index (χ3v) is 7.98. The molecule has 1 aromatic heterocycles. The Balaban J connectivity index is 1.22. The van der Waals surface area contributed by atoms with Crippen LogP contribution in [-0.2, 0) is 27.2 Å². The van der Waals surface area contributed by atoms with E-state index in [0.29, 0.717) is 11.4 Å². The Morgan fingerprint density at radius 3 is 2.69 bits per heavy atom. The second-order valence-corrected chi connectivity index (χ2v) is 10.3. The van der Waals surface area contributed by atoms with Gasteiger partial charge in [0.25, 0.3) is 0 Å². The minimum absolute atomic E-state index is 0.160. The zero-order valence-electron chi connectivity index (χ0n) is 20.0. The number of nitrogens with zero attached hydrogens (tertiary/aromatic N) is 4. The molecule has 1 unspecified atom stereocenters. The third kappa shape index (κ3) is 4.87. The van der Waals surface area contributed by atoms with Crippen molar-refractivity contribution in [2.75, 3.05) is 42.5 Å². The molecule has 3 aromatic rings. The number of fused-ring (bicyclic) bond motifs is 2. The average molecular weight is 513 g/mol. The van der Waals surface area contributed by atoms with Gasteiger partial charge in [-0.2, -0.15) is 4.37 Å². The van der Waals surface area contributed by atoms with Gasteiger partial charge in [-0.15, -0.1) is 0 Å². The standard InChI is InChI=1S/C26H29ClN4O3S/c1-3-25(33)34-24-15-19-14-18(21(27)16-22(19)31(24)17(2)32)8-9-29-10-12-30(13-11-29)26-20-6-4-5-7-23(20)35-28-26/h4-7,14,16,24H,3,8-13,15H2,1-2H3. The van der Waals surface area contributed by atoms with Gasteiger partial charge in [-0.25, -0.2) is 0 Å². The van der Waals surface area contributed by atoms with E-state index in [2.05, 4.69) is 40.1 Å². The normalized spacial score (nSPS) is 18.2. The number of amides is 1. The molecule has 2 aromatic carbocycles. The molecule has 2 aliphatic heterocycles. The lowest BCUT2D eigenvalue weighted by atomic mass is 10.0. The van der Waals surface area contributed by atoms with Gasteiger partial charge in [-0.1, -0.05) is 36.7 Å². The summed E-state index contributed by atoms with van der Waals surface area (Å²) in [5, 5.41) is 1.88. The van der Waals surface area contributed by atoms with Gasteiger partial charge in [-0.05, 0) is 47.3 Å². The number of anilines is 2. The summed E-state index contributed by atoms with van der Waals surface area (Å²) in [7, 11) is 0. The van der Waals surface area contributed by atoms with Crippen LogP contribution in [0.15, 0.2) is 36.4 Å². The number of hydrogen-bond acceptors (Lipinski definition) is 7. The molecular formula is C26H29ClN4O3S. The van der Waals surface area contributed by atoms with Crippen LogP contribution < -0.4 is 9.80 Å². The summed E-state index contributed by atoms with van der Waals surface area (Å²) < 4.78 is 11.5. The number of carbonyl (C=O) groups is 2. The number of halogens is 1. The van der Waals surface area contributed by atoms with E-state index in [0.717, 1.165) is 61.8 Å². The van der Waals surface area contributed by atoms with Crippen LogP contribution in [0, 0.1) is 0 Å². The molecule has 2 aliphatic rings. The first kappa shape index (κ1) is 24.0. The van der Waals surface area contributed by atoms with Crippen molar-refractivity contribution >= 4 is 56.6 Å². The molecule has 0 radical (unpaired) electrons. The molecule has 1 amide bonds. The number of piperazine rings is 1. The molecule has 1 saturated heterocycles. The van der Waals surface area contributed by atoms with Crippen LogP contribution in [0.1, 0.15) is 31.4 Å². The van der Waals surface area contributed by atoms with Crippen molar-refractivity contribution in [3.8, 4) is 0 Å². The van der Waals surface area contributed by atoms with Crippen molar-refractivity contribution in [2.24, 2.45) is 0 Å². The Labute approximate surface area is 214 Å². The lowest BCUT2D eigenvalue weighted by Gasteiger charge is -2.35. The molecule has 35 heavy (non-hydrogen) atoms. The van der Waals surface area contributed by atoms with Crippen molar-refractivity contribution in [3.05, 3.63) is 52.5 Å². The number of aromatic nitrogens is 1. The highest BCUT2D eigenvalue weighted by Crippen LogP contribution is 2.37. The molecule has 5 rings (SSSR count). The summed E-state index contributed by atoms with van der Waals surface area (Å²) in [6.07, 6.45) is 0.989. The Morgan fingerprint density at radius 1 is 1.17 bits per heavy atom. The second-order valence-electron chi connectivity index (χ2n) is 9.04. The van der Waals surface area contributed by atoms with Gasteiger partial charge in [0.2, 0.25) is 5.91 Å². The molecule has 0 aliphatic carbocycles. The topological polar surface area (TPSA) is 66.0 Å². The minimum Gasteiger partial charge on any atom is -0.441 e. The SMILES string of the molecule is CCC(=O)OC1Cc2cc(CCN3CCN(c4nsc5ccccc45)CC3)c(Cl)cc2N1C(C)=O. The second kappa shape index (κ2) is 10.1. The predicted octanol–water partition coefficient (Wildman–Crippen LogP) is 4.50. The van der Waals surface area contributed by atoms with Crippen LogP contribution in [0.25, 0.3) is 10.1 Å². The lowest BCUT2D eigenvalue weighted by Crippen LogP contribution is -2.47. The highest BCUT2D eigenvalue weighted by Gasteiger charge is 2.35. The van der Waals surface area contributed by atoms with Gasteiger partial charge in [0, 0.05) is 62.9 Å². The van der Waals surface area contributed by atoms with Crippen LogP contribution in [0.2, 0.25) is 5.02 Å². The van der Waals surface area contributed by atoms with Gasteiger partial charge in [0.05, 0.1) is 10.4 Å².